The van der Waals surface area contributed by atoms with E-state index in [4.69, 9.17) is 4.74 Å². The van der Waals surface area contributed by atoms with Crippen LogP contribution in [0.3, 0.4) is 0 Å². The van der Waals surface area contributed by atoms with E-state index in [-0.39, 0.29) is 11.9 Å². The second kappa shape index (κ2) is 8.12. The maximum atomic E-state index is 13.4. The van der Waals surface area contributed by atoms with Crippen LogP contribution in [0, 0.1) is 5.82 Å². The Morgan fingerprint density at radius 3 is 2.84 bits per heavy atom. The monoisotopic (exact) mass is 331 g/mol. The highest BCUT2D eigenvalue weighted by Gasteiger charge is 2.05. The average molecular weight is 332 g/mol. The van der Waals surface area contributed by atoms with Gasteiger partial charge in [-0.1, -0.05) is 6.07 Å². The van der Waals surface area contributed by atoms with E-state index < -0.39 is 0 Å². The van der Waals surface area contributed by atoms with Crippen molar-refractivity contribution in [3.05, 3.63) is 34.1 Å². The molecule has 0 saturated carbocycles. The number of nitrogens with zero attached hydrogens (tertiary/aromatic N) is 1. The molecule has 19 heavy (non-hydrogen) atoms. The van der Waals surface area contributed by atoms with Gasteiger partial charge < -0.3 is 15.4 Å². The van der Waals surface area contributed by atoms with Gasteiger partial charge in [-0.15, -0.1) is 0 Å². The van der Waals surface area contributed by atoms with Gasteiger partial charge in [0, 0.05) is 26.7 Å². The topological polar surface area (TPSA) is 45.7 Å². The summed E-state index contributed by atoms with van der Waals surface area (Å²) in [6, 6.07) is 5.18. The molecule has 0 aromatic heterocycles. The number of benzene rings is 1. The molecule has 0 bridgehead atoms. The maximum Gasteiger partial charge on any atom is 0.191 e. The van der Waals surface area contributed by atoms with E-state index in [9.17, 15) is 4.39 Å². The number of guanidine groups is 1. The first-order chi connectivity index (χ1) is 9.06. The predicted octanol–water partition coefficient (Wildman–Crippen LogP) is 2.29. The molecule has 1 aromatic rings. The third-order valence-corrected chi connectivity index (χ3v) is 3.11. The zero-order chi connectivity index (χ0) is 14.3. The molecule has 0 aliphatic carbocycles. The van der Waals surface area contributed by atoms with E-state index in [1.807, 2.05) is 13.0 Å². The summed E-state index contributed by atoms with van der Waals surface area (Å²) in [6.45, 7) is 3.09. The van der Waals surface area contributed by atoms with Crippen LogP contribution in [-0.2, 0) is 11.3 Å². The molecule has 1 unspecified atom stereocenters. The van der Waals surface area contributed by atoms with Crippen molar-refractivity contribution in [2.24, 2.45) is 4.99 Å². The number of aliphatic imine (C=N–C) groups is 1. The Labute approximate surface area is 121 Å². The van der Waals surface area contributed by atoms with E-state index in [0.29, 0.717) is 23.6 Å². The lowest BCUT2D eigenvalue weighted by Crippen LogP contribution is -2.43. The van der Waals surface area contributed by atoms with Gasteiger partial charge in [0.25, 0.3) is 0 Å². The minimum Gasteiger partial charge on any atom is -0.383 e. The molecule has 106 valence electrons. The molecule has 4 nitrogen and oxygen atoms in total. The van der Waals surface area contributed by atoms with Crippen LogP contribution >= 0.6 is 15.9 Å². The first kappa shape index (κ1) is 15.9. The first-order valence-electron chi connectivity index (χ1n) is 5.97. The Hall–Kier alpha value is -1.14. The Balaban J connectivity index is 2.51. The van der Waals surface area contributed by atoms with Gasteiger partial charge in [0.15, 0.2) is 5.96 Å². The molecule has 0 spiro atoms. The van der Waals surface area contributed by atoms with Gasteiger partial charge in [-0.25, -0.2) is 4.39 Å². The molecule has 1 aromatic carbocycles. The fourth-order valence-electron chi connectivity index (χ4n) is 1.56. The second-order valence-corrected chi connectivity index (χ2v) is 5.03. The summed E-state index contributed by atoms with van der Waals surface area (Å²) in [6.07, 6.45) is 0. The lowest BCUT2D eigenvalue weighted by Gasteiger charge is -2.17. The summed E-state index contributed by atoms with van der Waals surface area (Å²) < 4.78 is 18.9. The maximum absolute atomic E-state index is 13.4. The SMILES string of the molecule is CN=C(NCc1ccc(Br)c(F)c1)NC(C)COC. The molecular weight excluding hydrogens is 313 g/mol. The largest absolute Gasteiger partial charge is 0.383 e. The third kappa shape index (κ3) is 5.57. The second-order valence-electron chi connectivity index (χ2n) is 4.17. The van der Waals surface area contributed by atoms with E-state index in [0.717, 1.165) is 5.56 Å². The number of hydrogen-bond donors (Lipinski definition) is 2. The van der Waals surface area contributed by atoms with E-state index in [1.54, 1.807) is 20.2 Å². The predicted molar refractivity (Wildman–Crippen MR) is 78.8 cm³/mol. The van der Waals surface area contributed by atoms with Crippen molar-refractivity contribution in [3.63, 3.8) is 0 Å². The lowest BCUT2D eigenvalue weighted by molar-refractivity contribution is 0.179. The quantitative estimate of drug-likeness (QED) is 0.642. The number of rotatable bonds is 5. The number of nitrogens with one attached hydrogen (secondary N) is 2. The van der Waals surface area contributed by atoms with Crippen molar-refractivity contribution in [1.29, 1.82) is 0 Å². The van der Waals surface area contributed by atoms with Gasteiger partial charge >= 0.3 is 0 Å². The fraction of sp³-hybridized carbons (Fsp3) is 0.462. The Morgan fingerprint density at radius 1 is 1.53 bits per heavy atom. The van der Waals surface area contributed by atoms with E-state index in [1.165, 1.54) is 6.07 Å². The van der Waals surface area contributed by atoms with E-state index >= 15 is 0 Å². The van der Waals surface area contributed by atoms with Gasteiger partial charge in [0.2, 0.25) is 0 Å². The highest BCUT2D eigenvalue weighted by Crippen LogP contribution is 2.16. The van der Waals surface area contributed by atoms with Gasteiger partial charge in [-0.2, -0.15) is 0 Å². The van der Waals surface area contributed by atoms with Crippen molar-refractivity contribution < 1.29 is 9.13 Å². The number of methoxy groups -OCH3 is 1. The van der Waals surface area contributed by atoms with Gasteiger partial charge in [0.05, 0.1) is 11.1 Å². The number of halogens is 2. The number of ether oxygens (including phenoxy) is 1. The van der Waals surface area contributed by atoms with Gasteiger partial charge in [-0.3, -0.25) is 4.99 Å². The highest BCUT2D eigenvalue weighted by atomic mass is 79.9. The van der Waals surface area contributed by atoms with Gasteiger partial charge in [-0.05, 0) is 40.5 Å². The van der Waals surface area contributed by atoms with Crippen LogP contribution in [0.2, 0.25) is 0 Å². The summed E-state index contributed by atoms with van der Waals surface area (Å²) in [5.41, 5.74) is 0.850. The summed E-state index contributed by atoms with van der Waals surface area (Å²) in [5.74, 6) is 0.392. The molecule has 6 heteroatoms. The van der Waals surface area contributed by atoms with Crippen molar-refractivity contribution in [1.82, 2.24) is 10.6 Å². The first-order valence-corrected chi connectivity index (χ1v) is 6.76. The Morgan fingerprint density at radius 2 is 2.26 bits per heavy atom. The molecule has 0 heterocycles. The minimum absolute atomic E-state index is 0.151. The van der Waals surface area contributed by atoms with E-state index in [2.05, 4.69) is 31.6 Å². The lowest BCUT2D eigenvalue weighted by atomic mass is 10.2. The smallest absolute Gasteiger partial charge is 0.191 e. The molecule has 0 aliphatic heterocycles. The summed E-state index contributed by atoms with van der Waals surface area (Å²) in [5, 5.41) is 6.30. The molecule has 1 atom stereocenters. The van der Waals surface area contributed by atoms with Crippen LogP contribution in [0.1, 0.15) is 12.5 Å². The molecule has 0 saturated heterocycles. The standard InChI is InChI=1S/C13H19BrFN3O/c1-9(8-19-3)18-13(16-2)17-7-10-4-5-11(14)12(15)6-10/h4-6,9H,7-8H2,1-3H3,(H2,16,17,18). The molecule has 0 fully saturated rings. The Bertz CT molecular complexity index is 440. The van der Waals surface area contributed by atoms with Crippen LogP contribution < -0.4 is 10.6 Å². The fourth-order valence-corrected chi connectivity index (χ4v) is 1.80. The van der Waals surface area contributed by atoms with Crippen LogP contribution in [0.25, 0.3) is 0 Å². The van der Waals surface area contributed by atoms with Crippen LogP contribution in [-0.4, -0.2) is 32.8 Å². The van der Waals surface area contributed by atoms with Crippen LogP contribution in [0.4, 0.5) is 4.39 Å². The zero-order valence-corrected chi connectivity index (χ0v) is 12.9. The molecule has 2 N–H and O–H groups in total. The summed E-state index contributed by atoms with van der Waals surface area (Å²) >= 11 is 3.13. The molecule has 0 aliphatic rings. The molecule has 0 amide bonds. The van der Waals surface area contributed by atoms with Crippen LogP contribution in [0.5, 0.6) is 0 Å². The molecular formula is C13H19BrFN3O. The molecule has 0 radical (unpaired) electrons. The Kier molecular flexibility index (Phi) is 6.80. The summed E-state index contributed by atoms with van der Waals surface area (Å²) in [4.78, 5) is 4.10. The third-order valence-electron chi connectivity index (χ3n) is 2.47. The number of hydrogen-bond acceptors (Lipinski definition) is 2. The van der Waals surface area contributed by atoms with Crippen molar-refractivity contribution in [3.8, 4) is 0 Å². The molecule has 1 rings (SSSR count). The van der Waals surface area contributed by atoms with Crippen LogP contribution in [0.15, 0.2) is 27.7 Å². The van der Waals surface area contributed by atoms with Crippen molar-refractivity contribution in [2.45, 2.75) is 19.5 Å². The summed E-state index contributed by atoms with van der Waals surface area (Å²) in [7, 11) is 3.34. The minimum atomic E-state index is -0.269. The normalized spacial score (nSPS) is 13.2. The van der Waals surface area contributed by atoms with Crippen molar-refractivity contribution >= 4 is 21.9 Å². The zero-order valence-electron chi connectivity index (χ0n) is 11.3. The average Bonchev–Trinajstić information content (AvgIpc) is 2.38. The highest BCUT2D eigenvalue weighted by molar-refractivity contribution is 9.10. The van der Waals surface area contributed by atoms with Gasteiger partial charge in [0.1, 0.15) is 5.82 Å². The van der Waals surface area contributed by atoms with Crippen molar-refractivity contribution in [2.75, 3.05) is 20.8 Å².